The van der Waals surface area contributed by atoms with Crippen LogP contribution in [0.2, 0.25) is 0 Å². The summed E-state index contributed by atoms with van der Waals surface area (Å²) in [4.78, 5) is 0. The first kappa shape index (κ1) is 8.42. The van der Waals surface area contributed by atoms with E-state index in [4.69, 9.17) is 0 Å². The van der Waals surface area contributed by atoms with Gasteiger partial charge in [-0.05, 0) is 24.3 Å². The fourth-order valence-electron chi connectivity index (χ4n) is 0.588. The highest BCUT2D eigenvalue weighted by Gasteiger charge is 1.88. The van der Waals surface area contributed by atoms with Crippen molar-refractivity contribution in [2.45, 2.75) is 0 Å². The van der Waals surface area contributed by atoms with Crippen LogP contribution in [0, 0.1) is 0 Å². The van der Waals surface area contributed by atoms with Crippen molar-refractivity contribution in [3.05, 3.63) is 28.7 Å². The van der Waals surface area contributed by atoms with Crippen LogP contribution < -0.4 is 0 Å². The molecule has 0 spiro atoms. The number of halogens is 1. The van der Waals surface area contributed by atoms with Crippen molar-refractivity contribution in [2.24, 2.45) is 4.36 Å². The van der Waals surface area contributed by atoms with Crippen LogP contribution >= 0.6 is 15.9 Å². The second-order valence-corrected chi connectivity index (χ2v) is 3.32. The topological polar surface area (TPSA) is 46.5 Å². The molecule has 0 bridgehead atoms. The fraction of sp³-hybridized carbons (Fsp3) is 0. The molecular formula is C6H4BrNO2S. The van der Waals surface area contributed by atoms with E-state index < -0.39 is 10.5 Å². The maximum absolute atomic E-state index is 10.1. The Kier molecular flexibility index (Phi) is 2.78. The van der Waals surface area contributed by atoms with Gasteiger partial charge in [-0.3, -0.25) is 0 Å². The molecule has 0 amide bonds. The summed E-state index contributed by atoms with van der Waals surface area (Å²) in [6.45, 7) is 0. The lowest BCUT2D eigenvalue weighted by molar-refractivity contribution is 0.622. The third-order valence-corrected chi connectivity index (χ3v) is 1.90. The van der Waals surface area contributed by atoms with Gasteiger partial charge in [-0.1, -0.05) is 15.9 Å². The Morgan fingerprint density at radius 3 is 2.18 bits per heavy atom. The Morgan fingerprint density at radius 2 is 1.73 bits per heavy atom. The normalized spacial score (nSPS) is 9.18. The Hall–Kier alpha value is -0.680. The van der Waals surface area contributed by atoms with E-state index in [9.17, 15) is 8.42 Å². The summed E-state index contributed by atoms with van der Waals surface area (Å²) in [6, 6.07) is 6.68. The molecule has 0 saturated carbocycles. The van der Waals surface area contributed by atoms with E-state index in [1.54, 1.807) is 24.3 Å². The van der Waals surface area contributed by atoms with Crippen LogP contribution in [-0.4, -0.2) is 8.42 Å². The zero-order valence-corrected chi connectivity index (χ0v) is 7.76. The van der Waals surface area contributed by atoms with Gasteiger partial charge in [0.15, 0.2) is 0 Å². The van der Waals surface area contributed by atoms with E-state index in [2.05, 4.69) is 20.3 Å². The quantitative estimate of drug-likeness (QED) is 0.747. The Morgan fingerprint density at radius 1 is 1.18 bits per heavy atom. The molecule has 0 aliphatic heterocycles. The molecule has 3 nitrogen and oxygen atoms in total. The molecule has 1 rings (SSSR count). The van der Waals surface area contributed by atoms with Crippen molar-refractivity contribution in [3.8, 4) is 0 Å². The van der Waals surface area contributed by atoms with Gasteiger partial charge in [0.2, 0.25) is 0 Å². The van der Waals surface area contributed by atoms with Crippen LogP contribution in [0.15, 0.2) is 33.1 Å². The molecule has 11 heavy (non-hydrogen) atoms. The van der Waals surface area contributed by atoms with E-state index in [1.165, 1.54) is 0 Å². The van der Waals surface area contributed by atoms with Crippen LogP contribution in [0.25, 0.3) is 0 Å². The molecule has 0 N–H and O–H groups in total. The summed E-state index contributed by atoms with van der Waals surface area (Å²) in [5.74, 6) is 0. The second-order valence-electron chi connectivity index (χ2n) is 1.78. The molecule has 0 unspecified atom stereocenters. The summed E-state index contributed by atoms with van der Waals surface area (Å²) >= 11 is 3.22. The lowest BCUT2D eigenvalue weighted by Crippen LogP contribution is -1.64. The molecular weight excluding hydrogens is 230 g/mol. The summed E-state index contributed by atoms with van der Waals surface area (Å²) in [7, 11) is -2.36. The molecule has 0 heterocycles. The molecule has 1 aromatic carbocycles. The highest BCUT2D eigenvalue weighted by molar-refractivity contribution is 9.10. The zero-order chi connectivity index (χ0) is 8.27. The molecule has 0 fully saturated rings. The SMILES string of the molecule is O=S(=O)=Nc1ccc(Br)cc1. The molecule has 0 aromatic heterocycles. The van der Waals surface area contributed by atoms with Crippen molar-refractivity contribution in [1.82, 2.24) is 0 Å². The summed E-state index contributed by atoms with van der Waals surface area (Å²) in [5.41, 5.74) is 0.432. The maximum atomic E-state index is 10.1. The van der Waals surface area contributed by atoms with E-state index in [0.717, 1.165) is 4.47 Å². The van der Waals surface area contributed by atoms with Gasteiger partial charge < -0.3 is 0 Å². The monoisotopic (exact) mass is 233 g/mol. The minimum atomic E-state index is -2.36. The van der Waals surface area contributed by atoms with Crippen LogP contribution in [0.4, 0.5) is 5.69 Å². The molecule has 0 saturated heterocycles. The lowest BCUT2D eigenvalue weighted by atomic mass is 10.3. The molecule has 0 aliphatic rings. The van der Waals surface area contributed by atoms with Crippen LogP contribution in [0.1, 0.15) is 0 Å². The van der Waals surface area contributed by atoms with Crippen molar-refractivity contribution in [2.75, 3.05) is 0 Å². The number of hydrogen-bond donors (Lipinski definition) is 0. The highest BCUT2D eigenvalue weighted by Crippen LogP contribution is 2.15. The first-order chi connectivity index (χ1) is 5.18. The average Bonchev–Trinajstić information content (AvgIpc) is 1.93. The van der Waals surface area contributed by atoms with Crippen molar-refractivity contribution < 1.29 is 8.42 Å². The average molecular weight is 234 g/mol. The van der Waals surface area contributed by atoms with Gasteiger partial charge in [-0.2, -0.15) is 8.42 Å². The molecule has 0 atom stereocenters. The summed E-state index contributed by atoms with van der Waals surface area (Å²) < 4.78 is 24.3. The van der Waals surface area contributed by atoms with Gasteiger partial charge >= 0.3 is 10.5 Å². The van der Waals surface area contributed by atoms with Crippen molar-refractivity contribution >= 4 is 32.1 Å². The summed E-state index contributed by atoms with van der Waals surface area (Å²) in [5, 5.41) is 0. The predicted octanol–water partition coefficient (Wildman–Crippen LogP) is 2.14. The molecule has 0 radical (unpaired) electrons. The summed E-state index contributed by atoms with van der Waals surface area (Å²) in [6.07, 6.45) is 0. The van der Waals surface area contributed by atoms with Gasteiger partial charge in [-0.15, -0.1) is 4.36 Å². The van der Waals surface area contributed by atoms with Crippen molar-refractivity contribution in [3.63, 3.8) is 0 Å². The van der Waals surface area contributed by atoms with Crippen LogP contribution in [0.3, 0.4) is 0 Å². The molecule has 58 valence electrons. The number of benzene rings is 1. The molecule has 5 heteroatoms. The Labute approximate surface area is 73.9 Å². The smallest absolute Gasteiger partial charge is 0.163 e. The van der Waals surface area contributed by atoms with Gasteiger partial charge in [-0.25, -0.2) is 0 Å². The largest absolute Gasteiger partial charge is 0.316 e. The van der Waals surface area contributed by atoms with E-state index in [-0.39, 0.29) is 0 Å². The van der Waals surface area contributed by atoms with Crippen LogP contribution in [0.5, 0.6) is 0 Å². The Bertz CT molecular complexity index is 360. The number of hydrogen-bond acceptors (Lipinski definition) is 3. The third-order valence-electron chi connectivity index (χ3n) is 1.01. The molecule has 0 aliphatic carbocycles. The van der Waals surface area contributed by atoms with E-state index in [0.29, 0.717) is 5.69 Å². The van der Waals surface area contributed by atoms with Crippen molar-refractivity contribution in [1.29, 1.82) is 0 Å². The first-order valence-corrected chi connectivity index (χ1v) is 4.57. The minimum Gasteiger partial charge on any atom is -0.163 e. The first-order valence-electron chi connectivity index (χ1n) is 2.75. The lowest BCUT2D eigenvalue weighted by Gasteiger charge is -1.88. The maximum Gasteiger partial charge on any atom is 0.316 e. The predicted molar refractivity (Wildman–Crippen MR) is 45.1 cm³/mol. The standard InChI is InChI=1S/C6H4BrNO2S/c7-5-1-3-6(4-2-5)8-11(9)10/h1-4H. The van der Waals surface area contributed by atoms with Crippen LogP contribution in [-0.2, 0) is 10.5 Å². The van der Waals surface area contributed by atoms with E-state index in [1.807, 2.05) is 0 Å². The number of nitrogens with zero attached hydrogens (tertiary/aromatic N) is 1. The fourth-order valence-corrected chi connectivity index (χ4v) is 1.15. The zero-order valence-electron chi connectivity index (χ0n) is 5.36. The number of rotatable bonds is 1. The van der Waals surface area contributed by atoms with Gasteiger partial charge in [0.25, 0.3) is 0 Å². The van der Waals surface area contributed by atoms with Gasteiger partial charge in [0, 0.05) is 4.47 Å². The third kappa shape index (κ3) is 2.81. The Balaban J connectivity index is 3.09. The minimum absolute atomic E-state index is 0.432. The highest BCUT2D eigenvalue weighted by atomic mass is 79.9. The van der Waals surface area contributed by atoms with E-state index >= 15 is 0 Å². The van der Waals surface area contributed by atoms with Gasteiger partial charge in [0.1, 0.15) is 0 Å². The second kappa shape index (κ2) is 3.64. The van der Waals surface area contributed by atoms with Gasteiger partial charge in [0.05, 0.1) is 5.69 Å². The molecule has 1 aromatic rings.